The van der Waals surface area contributed by atoms with Gasteiger partial charge >= 0.3 is 0 Å². The molecule has 0 N–H and O–H groups in total. The second-order valence-corrected chi connectivity index (χ2v) is 10.4. The Bertz CT molecular complexity index is 1020. The predicted octanol–water partition coefficient (Wildman–Crippen LogP) is 3.14. The molecule has 0 aromatic heterocycles. The summed E-state index contributed by atoms with van der Waals surface area (Å²) < 4.78 is 53.8. The highest BCUT2D eigenvalue weighted by molar-refractivity contribution is 7.93. The summed E-state index contributed by atoms with van der Waals surface area (Å²) in [6, 6.07) is 13.7. The Balaban J connectivity index is 2.00. The van der Waals surface area contributed by atoms with Crippen molar-refractivity contribution in [2.75, 3.05) is 27.5 Å². The normalized spacial score (nSPS) is 16.9. The standard InChI is InChI=1S/C19H24N2O4S2/c1-3-20(17-9-5-4-6-10-17)27(24,25)19-12-11-18(15-16(19)2)21-13-7-8-14-26(21,22)23/h4-6,9-12,15H,3,7-8,13-14H2,1-2H3. The molecule has 1 saturated heterocycles. The zero-order valence-electron chi connectivity index (χ0n) is 15.5. The van der Waals surface area contributed by atoms with Crippen LogP contribution in [0.5, 0.6) is 0 Å². The van der Waals surface area contributed by atoms with Crippen molar-refractivity contribution >= 4 is 31.4 Å². The van der Waals surface area contributed by atoms with Gasteiger partial charge in [0.2, 0.25) is 10.0 Å². The fraction of sp³-hybridized carbons (Fsp3) is 0.368. The molecule has 2 aromatic rings. The minimum atomic E-state index is -3.75. The van der Waals surface area contributed by atoms with Crippen molar-refractivity contribution < 1.29 is 16.8 Å². The molecule has 0 saturated carbocycles. The Morgan fingerprint density at radius 3 is 2.37 bits per heavy atom. The maximum atomic E-state index is 13.2. The molecule has 0 radical (unpaired) electrons. The summed E-state index contributed by atoms with van der Waals surface area (Å²) in [5.41, 5.74) is 1.65. The molecule has 0 aliphatic carbocycles. The topological polar surface area (TPSA) is 74.8 Å². The lowest BCUT2D eigenvalue weighted by atomic mass is 10.2. The molecular weight excluding hydrogens is 384 g/mol. The van der Waals surface area contributed by atoms with Gasteiger partial charge in [-0.3, -0.25) is 8.61 Å². The highest BCUT2D eigenvalue weighted by Gasteiger charge is 2.29. The van der Waals surface area contributed by atoms with Crippen LogP contribution in [0.1, 0.15) is 25.3 Å². The zero-order valence-corrected chi connectivity index (χ0v) is 17.1. The first-order valence-electron chi connectivity index (χ1n) is 8.96. The van der Waals surface area contributed by atoms with Gasteiger partial charge in [-0.1, -0.05) is 18.2 Å². The molecule has 3 rings (SSSR count). The minimum absolute atomic E-state index is 0.129. The summed E-state index contributed by atoms with van der Waals surface area (Å²) in [7, 11) is -7.08. The molecule has 0 atom stereocenters. The van der Waals surface area contributed by atoms with Crippen molar-refractivity contribution in [2.24, 2.45) is 0 Å². The molecule has 0 spiro atoms. The van der Waals surface area contributed by atoms with Gasteiger partial charge in [-0.05, 0) is 62.6 Å². The van der Waals surface area contributed by atoms with Crippen LogP contribution < -0.4 is 8.61 Å². The molecule has 2 aromatic carbocycles. The number of hydrogen-bond acceptors (Lipinski definition) is 4. The maximum absolute atomic E-state index is 13.2. The van der Waals surface area contributed by atoms with Crippen molar-refractivity contribution in [1.82, 2.24) is 0 Å². The van der Waals surface area contributed by atoms with Gasteiger partial charge in [0.05, 0.1) is 22.0 Å². The van der Waals surface area contributed by atoms with E-state index >= 15 is 0 Å². The van der Waals surface area contributed by atoms with Gasteiger partial charge in [0, 0.05) is 13.1 Å². The average molecular weight is 409 g/mol. The summed E-state index contributed by atoms with van der Waals surface area (Å²) in [5, 5.41) is 0. The third kappa shape index (κ3) is 3.82. The van der Waals surface area contributed by atoms with E-state index in [1.165, 1.54) is 14.7 Å². The first kappa shape index (κ1) is 19.7. The Morgan fingerprint density at radius 2 is 1.78 bits per heavy atom. The lowest BCUT2D eigenvalue weighted by Crippen LogP contribution is -2.38. The third-order valence-electron chi connectivity index (χ3n) is 4.70. The van der Waals surface area contributed by atoms with Crippen molar-refractivity contribution in [2.45, 2.75) is 31.6 Å². The number of hydrogen-bond donors (Lipinski definition) is 0. The number of sulfonamides is 2. The van der Waals surface area contributed by atoms with Crippen LogP contribution in [0.2, 0.25) is 0 Å². The molecule has 0 bridgehead atoms. The second-order valence-electron chi connectivity index (χ2n) is 6.55. The van der Waals surface area contributed by atoms with Crippen molar-refractivity contribution in [1.29, 1.82) is 0 Å². The first-order chi connectivity index (χ1) is 12.8. The summed E-state index contributed by atoms with van der Waals surface area (Å²) >= 11 is 0. The van der Waals surface area contributed by atoms with Crippen molar-refractivity contribution in [3.63, 3.8) is 0 Å². The largest absolute Gasteiger partial charge is 0.270 e. The monoisotopic (exact) mass is 408 g/mol. The van der Waals surface area contributed by atoms with Gasteiger partial charge in [0.15, 0.2) is 0 Å². The van der Waals surface area contributed by atoms with Gasteiger partial charge in [0.1, 0.15) is 0 Å². The second kappa shape index (κ2) is 7.52. The molecule has 6 nitrogen and oxygen atoms in total. The van der Waals surface area contributed by atoms with E-state index in [2.05, 4.69) is 0 Å². The minimum Gasteiger partial charge on any atom is -0.270 e. The van der Waals surface area contributed by atoms with E-state index < -0.39 is 20.0 Å². The molecule has 1 aliphatic heterocycles. The average Bonchev–Trinajstić information content (AvgIpc) is 2.62. The van der Waals surface area contributed by atoms with E-state index in [1.54, 1.807) is 50.2 Å². The smallest absolute Gasteiger partial charge is 0.264 e. The van der Waals surface area contributed by atoms with E-state index in [0.29, 0.717) is 36.4 Å². The van der Waals surface area contributed by atoms with Gasteiger partial charge in [-0.25, -0.2) is 16.8 Å². The molecular formula is C19H24N2O4S2. The van der Waals surface area contributed by atoms with E-state index in [0.717, 1.165) is 6.42 Å². The van der Waals surface area contributed by atoms with Gasteiger partial charge < -0.3 is 0 Å². The summed E-state index contributed by atoms with van der Waals surface area (Å²) in [4.78, 5) is 0.186. The number of anilines is 2. The SMILES string of the molecule is CCN(c1ccccc1)S(=O)(=O)c1ccc(N2CCCCS2(=O)=O)cc1C. The van der Waals surface area contributed by atoms with Crippen LogP contribution in [0, 0.1) is 6.92 Å². The quantitative estimate of drug-likeness (QED) is 0.762. The highest BCUT2D eigenvalue weighted by Crippen LogP contribution is 2.30. The van der Waals surface area contributed by atoms with Crippen LogP contribution in [0.15, 0.2) is 53.4 Å². The summed E-state index contributed by atoms with van der Waals surface area (Å²) in [6.07, 6.45) is 1.46. The van der Waals surface area contributed by atoms with Crippen LogP contribution in [-0.4, -0.2) is 35.7 Å². The first-order valence-corrected chi connectivity index (χ1v) is 12.0. The number of para-hydroxylation sites is 1. The van der Waals surface area contributed by atoms with Crippen LogP contribution in [0.25, 0.3) is 0 Å². The van der Waals surface area contributed by atoms with Crippen LogP contribution in [-0.2, 0) is 20.0 Å². The lowest BCUT2D eigenvalue weighted by molar-refractivity contribution is 0.574. The molecule has 0 unspecified atom stereocenters. The molecule has 1 aliphatic rings. The van der Waals surface area contributed by atoms with E-state index in [4.69, 9.17) is 0 Å². The highest BCUT2D eigenvalue weighted by atomic mass is 32.2. The van der Waals surface area contributed by atoms with Crippen LogP contribution >= 0.6 is 0 Å². The lowest BCUT2D eigenvalue weighted by Gasteiger charge is -2.29. The van der Waals surface area contributed by atoms with Crippen LogP contribution in [0.3, 0.4) is 0 Å². The number of benzene rings is 2. The van der Waals surface area contributed by atoms with Crippen LogP contribution in [0.4, 0.5) is 11.4 Å². The molecule has 0 amide bonds. The summed E-state index contributed by atoms with van der Waals surface area (Å²) in [5.74, 6) is 0.129. The number of rotatable bonds is 5. The van der Waals surface area contributed by atoms with Crippen molar-refractivity contribution in [3.8, 4) is 0 Å². The third-order valence-corrected chi connectivity index (χ3v) is 8.63. The van der Waals surface area contributed by atoms with Gasteiger partial charge in [0.25, 0.3) is 10.0 Å². The van der Waals surface area contributed by atoms with Crippen molar-refractivity contribution in [3.05, 3.63) is 54.1 Å². The molecule has 1 heterocycles. The molecule has 8 heteroatoms. The fourth-order valence-corrected chi connectivity index (χ4v) is 6.68. The summed E-state index contributed by atoms with van der Waals surface area (Å²) in [6.45, 7) is 4.22. The Morgan fingerprint density at radius 1 is 1.07 bits per heavy atom. The van der Waals surface area contributed by atoms with E-state index in [1.807, 2.05) is 6.07 Å². The van der Waals surface area contributed by atoms with Gasteiger partial charge in [-0.15, -0.1) is 0 Å². The Labute approximate surface area is 161 Å². The zero-order chi connectivity index (χ0) is 19.7. The van der Waals surface area contributed by atoms with Gasteiger partial charge in [-0.2, -0.15) is 0 Å². The predicted molar refractivity (Wildman–Crippen MR) is 108 cm³/mol. The number of aryl methyl sites for hydroxylation is 1. The molecule has 1 fully saturated rings. The maximum Gasteiger partial charge on any atom is 0.264 e. The molecule has 27 heavy (non-hydrogen) atoms. The molecule has 146 valence electrons. The Hall–Kier alpha value is -2.06. The number of nitrogens with zero attached hydrogens (tertiary/aromatic N) is 2. The Kier molecular flexibility index (Phi) is 5.48. The van der Waals surface area contributed by atoms with E-state index in [9.17, 15) is 16.8 Å². The van der Waals surface area contributed by atoms with E-state index in [-0.39, 0.29) is 10.6 Å². The fourth-order valence-electron chi connectivity index (χ4n) is 3.36.